The van der Waals surface area contributed by atoms with Crippen LogP contribution in [0.4, 0.5) is 8.78 Å². The zero-order chi connectivity index (χ0) is 16.6. The van der Waals surface area contributed by atoms with Gasteiger partial charge < -0.3 is 5.32 Å². The second kappa shape index (κ2) is 5.86. The molecule has 2 rings (SSSR count). The van der Waals surface area contributed by atoms with Crippen LogP contribution in [0.15, 0.2) is 11.1 Å². The fourth-order valence-electron chi connectivity index (χ4n) is 2.44. The van der Waals surface area contributed by atoms with Crippen molar-refractivity contribution in [3.8, 4) is 0 Å². The van der Waals surface area contributed by atoms with E-state index in [1.807, 2.05) is 20.8 Å². The Labute approximate surface area is 129 Å². The van der Waals surface area contributed by atoms with Crippen LogP contribution in [0.5, 0.6) is 0 Å². The Morgan fingerprint density at radius 2 is 2.14 bits per heavy atom. The molecule has 1 unspecified atom stereocenters. The number of sulfonamides is 1. The summed E-state index contributed by atoms with van der Waals surface area (Å²) in [5.41, 5.74) is 0.0105. The first-order valence-electron chi connectivity index (χ1n) is 7.16. The molecule has 1 saturated heterocycles. The van der Waals surface area contributed by atoms with Crippen LogP contribution in [0, 0.1) is 5.92 Å². The van der Waals surface area contributed by atoms with Gasteiger partial charge >= 0.3 is 0 Å². The lowest BCUT2D eigenvalue weighted by Crippen LogP contribution is -2.50. The van der Waals surface area contributed by atoms with Gasteiger partial charge in [-0.05, 0) is 13.0 Å². The van der Waals surface area contributed by atoms with E-state index < -0.39 is 33.8 Å². The summed E-state index contributed by atoms with van der Waals surface area (Å²) in [7, 11) is -3.88. The van der Waals surface area contributed by atoms with Crippen molar-refractivity contribution in [2.24, 2.45) is 5.92 Å². The molecule has 0 bridgehead atoms. The maximum Gasteiger partial charge on any atom is 0.264 e. The second-order valence-electron chi connectivity index (χ2n) is 6.63. The Morgan fingerprint density at radius 1 is 1.45 bits per heavy atom. The van der Waals surface area contributed by atoms with E-state index in [0.717, 1.165) is 0 Å². The molecule has 22 heavy (non-hydrogen) atoms. The van der Waals surface area contributed by atoms with Crippen molar-refractivity contribution >= 4 is 10.0 Å². The lowest BCUT2D eigenvalue weighted by Gasteiger charge is -2.31. The molecular weight excluding hydrogens is 314 g/mol. The van der Waals surface area contributed by atoms with E-state index in [0.29, 0.717) is 12.2 Å². The monoisotopic (exact) mass is 336 g/mol. The quantitative estimate of drug-likeness (QED) is 0.772. The molecule has 6 nitrogen and oxygen atoms in total. The van der Waals surface area contributed by atoms with Gasteiger partial charge in [0.05, 0.1) is 18.4 Å². The van der Waals surface area contributed by atoms with Gasteiger partial charge in [0.1, 0.15) is 4.90 Å². The van der Waals surface area contributed by atoms with Gasteiger partial charge in [-0.25, -0.2) is 21.9 Å². The minimum atomic E-state index is -3.88. The Bertz CT molecular complexity index is 622. The molecule has 1 aliphatic rings. The molecule has 1 aliphatic heterocycles. The molecule has 0 aromatic carbocycles. The van der Waals surface area contributed by atoms with E-state index in [4.69, 9.17) is 0 Å². The number of rotatable bonds is 4. The fourth-order valence-corrected chi connectivity index (χ4v) is 3.83. The molecule has 3 N–H and O–H groups in total. The van der Waals surface area contributed by atoms with E-state index in [1.54, 1.807) is 0 Å². The summed E-state index contributed by atoms with van der Waals surface area (Å²) in [6, 6.07) is 0. The molecule has 0 saturated carbocycles. The van der Waals surface area contributed by atoms with Crippen molar-refractivity contribution in [3.63, 3.8) is 0 Å². The lowest BCUT2D eigenvalue weighted by molar-refractivity contribution is -0.0704. The third-order valence-corrected chi connectivity index (χ3v) is 5.23. The third kappa shape index (κ3) is 3.64. The topological polar surface area (TPSA) is 86.9 Å². The number of nitrogens with zero attached hydrogens (tertiary/aromatic N) is 1. The van der Waals surface area contributed by atoms with E-state index in [1.165, 1.54) is 6.20 Å². The van der Waals surface area contributed by atoms with Crippen molar-refractivity contribution in [1.82, 2.24) is 20.2 Å². The molecule has 0 aliphatic carbocycles. The zero-order valence-corrected chi connectivity index (χ0v) is 13.7. The molecular formula is C13H22F2N4O2S. The predicted octanol–water partition coefficient (Wildman–Crippen LogP) is 1.23. The number of hydrogen-bond donors (Lipinski definition) is 3. The number of aromatic nitrogens is 2. The zero-order valence-electron chi connectivity index (χ0n) is 12.9. The molecule has 1 aromatic heterocycles. The largest absolute Gasteiger partial charge is 0.311 e. The molecule has 1 atom stereocenters. The minimum Gasteiger partial charge on any atom is -0.311 e. The number of aromatic amines is 1. The number of halogens is 2. The first-order valence-corrected chi connectivity index (χ1v) is 8.64. The standard InChI is InChI=1S/C13H22F2N4O2S/c1-12(2,3)11-10(7-17-19-11)22(20,21)18-6-9-4-5-16-8-13(9,14)15/h7,9,16,18H,4-6,8H2,1-3H3,(H,17,19). The first kappa shape index (κ1) is 17.3. The molecule has 1 fully saturated rings. The smallest absolute Gasteiger partial charge is 0.264 e. The average molecular weight is 336 g/mol. The highest BCUT2D eigenvalue weighted by atomic mass is 32.2. The number of alkyl halides is 2. The maximum atomic E-state index is 13.7. The van der Waals surface area contributed by atoms with Crippen LogP contribution in [0.3, 0.4) is 0 Å². The van der Waals surface area contributed by atoms with Gasteiger partial charge in [-0.2, -0.15) is 5.10 Å². The highest BCUT2D eigenvalue weighted by molar-refractivity contribution is 7.89. The van der Waals surface area contributed by atoms with Gasteiger partial charge in [0.2, 0.25) is 10.0 Å². The molecule has 1 aromatic rings. The van der Waals surface area contributed by atoms with Crippen LogP contribution in [0.1, 0.15) is 32.9 Å². The number of hydrogen-bond acceptors (Lipinski definition) is 4. The molecule has 0 spiro atoms. The van der Waals surface area contributed by atoms with Gasteiger partial charge in [0.25, 0.3) is 5.92 Å². The third-order valence-electron chi connectivity index (χ3n) is 3.79. The summed E-state index contributed by atoms with van der Waals surface area (Å²) in [5, 5.41) is 9.07. The number of H-pyrrole nitrogens is 1. The maximum absolute atomic E-state index is 13.7. The van der Waals surface area contributed by atoms with Crippen LogP contribution < -0.4 is 10.0 Å². The summed E-state index contributed by atoms with van der Waals surface area (Å²) in [6.07, 6.45) is 1.44. The van der Waals surface area contributed by atoms with Crippen molar-refractivity contribution in [1.29, 1.82) is 0 Å². The van der Waals surface area contributed by atoms with Crippen LogP contribution in [0.25, 0.3) is 0 Å². The number of nitrogens with one attached hydrogen (secondary N) is 3. The van der Waals surface area contributed by atoms with E-state index in [9.17, 15) is 17.2 Å². The van der Waals surface area contributed by atoms with Crippen molar-refractivity contribution in [3.05, 3.63) is 11.9 Å². The summed E-state index contributed by atoms with van der Waals surface area (Å²) >= 11 is 0. The molecule has 126 valence electrons. The summed E-state index contributed by atoms with van der Waals surface area (Å²) in [5.74, 6) is -3.92. The highest BCUT2D eigenvalue weighted by Gasteiger charge is 2.42. The van der Waals surface area contributed by atoms with Gasteiger partial charge in [-0.15, -0.1) is 0 Å². The van der Waals surface area contributed by atoms with Crippen LogP contribution in [0.2, 0.25) is 0 Å². The molecule has 0 radical (unpaired) electrons. The lowest BCUT2D eigenvalue weighted by atomic mass is 9.92. The first-order chi connectivity index (χ1) is 10.0. The second-order valence-corrected chi connectivity index (χ2v) is 8.37. The SMILES string of the molecule is CC(C)(C)c1[nH]ncc1S(=O)(=O)NCC1CCNCC1(F)F. The fraction of sp³-hybridized carbons (Fsp3) is 0.769. The van der Waals surface area contributed by atoms with Crippen molar-refractivity contribution in [2.75, 3.05) is 19.6 Å². The Morgan fingerprint density at radius 3 is 2.73 bits per heavy atom. The van der Waals surface area contributed by atoms with Crippen molar-refractivity contribution < 1.29 is 17.2 Å². The van der Waals surface area contributed by atoms with Gasteiger partial charge in [0, 0.05) is 17.9 Å². The van der Waals surface area contributed by atoms with Gasteiger partial charge in [0.15, 0.2) is 0 Å². The summed E-state index contributed by atoms with van der Waals surface area (Å²) < 4.78 is 54.5. The Hall–Kier alpha value is -1.06. The van der Waals surface area contributed by atoms with Crippen LogP contribution >= 0.6 is 0 Å². The van der Waals surface area contributed by atoms with E-state index >= 15 is 0 Å². The van der Waals surface area contributed by atoms with Crippen LogP contribution in [-0.2, 0) is 15.4 Å². The van der Waals surface area contributed by atoms with E-state index in [2.05, 4.69) is 20.2 Å². The van der Waals surface area contributed by atoms with E-state index in [-0.39, 0.29) is 17.9 Å². The molecule has 2 heterocycles. The van der Waals surface area contributed by atoms with Crippen LogP contribution in [-0.4, -0.2) is 44.2 Å². The van der Waals surface area contributed by atoms with Gasteiger partial charge in [-0.1, -0.05) is 20.8 Å². The Kier molecular flexibility index (Phi) is 4.61. The highest BCUT2D eigenvalue weighted by Crippen LogP contribution is 2.30. The van der Waals surface area contributed by atoms with Crippen molar-refractivity contribution in [2.45, 2.75) is 43.4 Å². The molecule has 9 heteroatoms. The summed E-state index contributed by atoms with van der Waals surface area (Å²) in [4.78, 5) is 0.0113. The Balaban J connectivity index is 2.14. The van der Waals surface area contributed by atoms with Gasteiger partial charge in [-0.3, -0.25) is 5.10 Å². The average Bonchev–Trinajstić information content (AvgIpc) is 2.86. The molecule has 0 amide bonds. The summed E-state index contributed by atoms with van der Waals surface area (Å²) in [6.45, 7) is 5.30. The minimum absolute atomic E-state index is 0.0113. The number of piperidine rings is 1. The predicted molar refractivity (Wildman–Crippen MR) is 78.4 cm³/mol. The normalized spacial score (nSPS) is 22.7.